The van der Waals surface area contributed by atoms with Crippen molar-refractivity contribution in [2.45, 2.75) is 103 Å². The standard InChI is InChI=1S/C20H41NO2/c1-2-3-4-5-6-7-8-9-10-11-12-13-14-15-16-17-20(21)23-19-18-22/h9-10,20,22H,2-8,11-19,21H2,1H3/b10-9-. The monoisotopic (exact) mass is 327 g/mol. The van der Waals surface area contributed by atoms with Crippen LogP contribution >= 0.6 is 0 Å². The lowest BCUT2D eigenvalue weighted by atomic mass is 10.1. The van der Waals surface area contributed by atoms with Gasteiger partial charge in [0, 0.05) is 0 Å². The van der Waals surface area contributed by atoms with Gasteiger partial charge in [0.1, 0.15) is 6.23 Å². The molecule has 0 spiro atoms. The molecule has 0 bridgehead atoms. The molecule has 138 valence electrons. The van der Waals surface area contributed by atoms with Crippen LogP contribution in [0.5, 0.6) is 0 Å². The highest BCUT2D eigenvalue weighted by Gasteiger charge is 2.01. The molecule has 23 heavy (non-hydrogen) atoms. The zero-order valence-corrected chi connectivity index (χ0v) is 15.5. The highest BCUT2D eigenvalue weighted by atomic mass is 16.5. The molecule has 0 aromatic rings. The first-order valence-electron chi connectivity index (χ1n) is 9.94. The van der Waals surface area contributed by atoms with Crippen LogP contribution in [0.1, 0.15) is 96.8 Å². The maximum absolute atomic E-state index is 8.63. The van der Waals surface area contributed by atoms with Crippen LogP contribution in [0.2, 0.25) is 0 Å². The van der Waals surface area contributed by atoms with Crippen LogP contribution in [0.15, 0.2) is 12.2 Å². The van der Waals surface area contributed by atoms with Crippen LogP contribution in [-0.2, 0) is 4.74 Å². The van der Waals surface area contributed by atoms with E-state index in [0.717, 1.165) is 12.8 Å². The summed E-state index contributed by atoms with van der Waals surface area (Å²) in [6, 6.07) is 0. The van der Waals surface area contributed by atoms with Crippen LogP contribution in [0.25, 0.3) is 0 Å². The lowest BCUT2D eigenvalue weighted by molar-refractivity contribution is 0.0264. The Labute approximate surface area is 144 Å². The molecular formula is C20H41NO2. The van der Waals surface area contributed by atoms with Crippen LogP contribution < -0.4 is 5.73 Å². The SMILES string of the molecule is CCCCCCCC/C=C\CCCCCCCC(N)OCCO. The first-order valence-corrected chi connectivity index (χ1v) is 9.94. The van der Waals surface area contributed by atoms with E-state index in [2.05, 4.69) is 19.1 Å². The van der Waals surface area contributed by atoms with Crippen LogP contribution in [0.3, 0.4) is 0 Å². The molecule has 3 N–H and O–H groups in total. The van der Waals surface area contributed by atoms with Gasteiger partial charge in [-0.2, -0.15) is 0 Å². The Morgan fingerprint density at radius 3 is 1.91 bits per heavy atom. The van der Waals surface area contributed by atoms with Crippen molar-refractivity contribution in [1.82, 2.24) is 0 Å². The molecule has 1 atom stereocenters. The summed E-state index contributed by atoms with van der Waals surface area (Å²) in [6.45, 7) is 2.68. The van der Waals surface area contributed by atoms with E-state index in [-0.39, 0.29) is 12.8 Å². The molecule has 3 heteroatoms. The summed E-state index contributed by atoms with van der Waals surface area (Å²) in [6.07, 6.45) is 22.5. The summed E-state index contributed by atoms with van der Waals surface area (Å²) in [5.41, 5.74) is 5.77. The van der Waals surface area contributed by atoms with Crippen LogP contribution in [-0.4, -0.2) is 24.5 Å². The van der Waals surface area contributed by atoms with E-state index in [1.165, 1.54) is 77.0 Å². The van der Waals surface area contributed by atoms with Gasteiger partial charge >= 0.3 is 0 Å². The normalized spacial score (nSPS) is 13.0. The molecule has 0 aromatic carbocycles. The Balaban J connectivity index is 3.13. The second kappa shape index (κ2) is 19.7. The first kappa shape index (κ1) is 22.6. The van der Waals surface area contributed by atoms with E-state index in [0.29, 0.717) is 6.61 Å². The minimum atomic E-state index is -0.202. The smallest absolute Gasteiger partial charge is 0.105 e. The van der Waals surface area contributed by atoms with E-state index < -0.39 is 0 Å². The van der Waals surface area contributed by atoms with Crippen molar-refractivity contribution < 1.29 is 9.84 Å². The van der Waals surface area contributed by atoms with Crippen molar-refractivity contribution in [3.05, 3.63) is 12.2 Å². The molecule has 0 aromatic heterocycles. The number of ether oxygens (including phenoxy) is 1. The largest absolute Gasteiger partial charge is 0.394 e. The Morgan fingerprint density at radius 2 is 1.35 bits per heavy atom. The zero-order valence-electron chi connectivity index (χ0n) is 15.5. The summed E-state index contributed by atoms with van der Waals surface area (Å²) in [5, 5.41) is 8.63. The van der Waals surface area contributed by atoms with Crippen molar-refractivity contribution in [3.63, 3.8) is 0 Å². The number of allylic oxidation sites excluding steroid dienone is 2. The summed E-state index contributed by atoms with van der Waals surface area (Å²) >= 11 is 0. The Morgan fingerprint density at radius 1 is 0.826 bits per heavy atom. The molecule has 1 unspecified atom stereocenters. The van der Waals surface area contributed by atoms with E-state index >= 15 is 0 Å². The molecule has 0 aliphatic heterocycles. The number of hydrogen-bond donors (Lipinski definition) is 2. The van der Waals surface area contributed by atoms with Crippen molar-refractivity contribution >= 4 is 0 Å². The average Bonchev–Trinajstić information content (AvgIpc) is 2.56. The summed E-state index contributed by atoms with van der Waals surface area (Å²) in [5.74, 6) is 0. The van der Waals surface area contributed by atoms with Gasteiger partial charge in [0.05, 0.1) is 13.2 Å². The molecule has 0 saturated heterocycles. The van der Waals surface area contributed by atoms with Gasteiger partial charge in [0.2, 0.25) is 0 Å². The van der Waals surface area contributed by atoms with Gasteiger partial charge in [0.15, 0.2) is 0 Å². The molecule has 0 rings (SSSR count). The fraction of sp³-hybridized carbons (Fsp3) is 0.900. The third-order valence-electron chi connectivity index (χ3n) is 4.17. The molecule has 0 aliphatic carbocycles. The molecule has 0 fully saturated rings. The molecule has 0 radical (unpaired) electrons. The molecule has 0 saturated carbocycles. The lowest BCUT2D eigenvalue weighted by Crippen LogP contribution is -2.25. The number of aliphatic hydroxyl groups excluding tert-OH is 1. The lowest BCUT2D eigenvalue weighted by Gasteiger charge is -2.11. The third-order valence-corrected chi connectivity index (χ3v) is 4.17. The van der Waals surface area contributed by atoms with Gasteiger partial charge in [0.25, 0.3) is 0 Å². The fourth-order valence-electron chi connectivity index (χ4n) is 2.70. The first-order chi connectivity index (χ1) is 11.3. The fourth-order valence-corrected chi connectivity index (χ4v) is 2.70. The van der Waals surface area contributed by atoms with Gasteiger partial charge in [-0.1, -0.05) is 70.4 Å². The Bertz CT molecular complexity index is 244. The average molecular weight is 328 g/mol. The quantitative estimate of drug-likeness (QED) is 0.203. The number of aliphatic hydroxyl groups is 1. The predicted molar refractivity (Wildman–Crippen MR) is 100 cm³/mol. The maximum atomic E-state index is 8.63. The molecule has 0 aliphatic rings. The summed E-state index contributed by atoms with van der Waals surface area (Å²) in [4.78, 5) is 0. The summed E-state index contributed by atoms with van der Waals surface area (Å²) < 4.78 is 5.23. The van der Waals surface area contributed by atoms with E-state index in [1.54, 1.807) is 0 Å². The highest BCUT2D eigenvalue weighted by Crippen LogP contribution is 2.10. The van der Waals surface area contributed by atoms with Crippen LogP contribution in [0, 0.1) is 0 Å². The minimum absolute atomic E-state index is 0.0556. The van der Waals surface area contributed by atoms with E-state index in [1.807, 2.05) is 0 Å². The van der Waals surface area contributed by atoms with Gasteiger partial charge in [-0.3, -0.25) is 0 Å². The van der Waals surface area contributed by atoms with Crippen molar-refractivity contribution in [1.29, 1.82) is 0 Å². The maximum Gasteiger partial charge on any atom is 0.105 e. The van der Waals surface area contributed by atoms with E-state index in [4.69, 9.17) is 15.6 Å². The Kier molecular flexibility index (Phi) is 19.3. The zero-order chi connectivity index (χ0) is 17.0. The molecular weight excluding hydrogens is 286 g/mol. The van der Waals surface area contributed by atoms with Crippen molar-refractivity contribution in [2.75, 3.05) is 13.2 Å². The second-order valence-corrected chi connectivity index (χ2v) is 6.51. The van der Waals surface area contributed by atoms with Crippen molar-refractivity contribution in [3.8, 4) is 0 Å². The van der Waals surface area contributed by atoms with Gasteiger partial charge in [-0.15, -0.1) is 0 Å². The molecule has 3 nitrogen and oxygen atoms in total. The van der Waals surface area contributed by atoms with Crippen molar-refractivity contribution in [2.24, 2.45) is 5.73 Å². The highest BCUT2D eigenvalue weighted by molar-refractivity contribution is 4.81. The Hall–Kier alpha value is -0.380. The molecule has 0 heterocycles. The predicted octanol–water partition coefficient (Wildman–Crippen LogP) is 5.32. The topological polar surface area (TPSA) is 55.5 Å². The second-order valence-electron chi connectivity index (χ2n) is 6.51. The number of rotatable bonds is 18. The van der Waals surface area contributed by atoms with Crippen LogP contribution in [0.4, 0.5) is 0 Å². The third kappa shape index (κ3) is 19.6. The number of unbranched alkanes of at least 4 members (excludes halogenated alkanes) is 11. The number of hydrogen-bond acceptors (Lipinski definition) is 3. The summed E-state index contributed by atoms with van der Waals surface area (Å²) in [7, 11) is 0. The van der Waals surface area contributed by atoms with E-state index in [9.17, 15) is 0 Å². The molecule has 0 amide bonds. The van der Waals surface area contributed by atoms with Gasteiger partial charge in [-0.05, 0) is 38.5 Å². The number of nitrogens with two attached hydrogens (primary N) is 1. The van der Waals surface area contributed by atoms with Gasteiger partial charge in [-0.25, -0.2) is 0 Å². The van der Waals surface area contributed by atoms with Gasteiger partial charge < -0.3 is 15.6 Å². The minimum Gasteiger partial charge on any atom is -0.394 e.